The maximum Gasteiger partial charge on any atom is 0.142 e. The third-order valence-corrected chi connectivity index (χ3v) is 2.48. The molecule has 1 N–H and O–H groups in total. The van der Waals surface area contributed by atoms with Gasteiger partial charge in [-0.05, 0) is 45.2 Å². The van der Waals surface area contributed by atoms with Crippen LogP contribution in [-0.4, -0.2) is 12.1 Å². The number of hydrogen-bond acceptors (Lipinski definition) is 2. The number of anilines is 1. The van der Waals surface area contributed by atoms with Crippen LogP contribution < -0.4 is 10.1 Å². The van der Waals surface area contributed by atoms with Crippen LogP contribution in [-0.2, 0) is 0 Å². The Hall–Kier alpha value is -1.18. The van der Waals surface area contributed by atoms with E-state index in [4.69, 9.17) is 4.74 Å². The molecule has 0 amide bonds. The molecule has 2 nitrogen and oxygen atoms in total. The summed E-state index contributed by atoms with van der Waals surface area (Å²) in [5.74, 6) is 1.65. The smallest absolute Gasteiger partial charge is 0.142 e. The molecule has 1 atom stereocenters. The van der Waals surface area contributed by atoms with Crippen molar-refractivity contribution >= 4 is 5.69 Å². The molecule has 0 aliphatic heterocycles. The van der Waals surface area contributed by atoms with Crippen molar-refractivity contribution in [3.8, 4) is 5.75 Å². The first-order valence-corrected chi connectivity index (χ1v) is 6.51. The number of rotatable bonds is 6. The Bertz CT molecular complexity index is 333. The molecular weight excluding hydrogens is 210 g/mol. The number of nitrogens with one attached hydrogen (secondary N) is 1. The van der Waals surface area contributed by atoms with Crippen LogP contribution in [0, 0.1) is 5.92 Å². The topological polar surface area (TPSA) is 21.3 Å². The molecule has 1 aromatic rings. The van der Waals surface area contributed by atoms with E-state index in [1.165, 1.54) is 0 Å². The third kappa shape index (κ3) is 5.12. The second-order valence-corrected chi connectivity index (χ2v) is 5.34. The molecule has 0 fully saturated rings. The number of ether oxygens (including phenoxy) is 1. The van der Waals surface area contributed by atoms with Crippen LogP contribution >= 0.6 is 0 Å². The Labute approximate surface area is 105 Å². The van der Waals surface area contributed by atoms with E-state index in [2.05, 4.69) is 32.2 Å². The van der Waals surface area contributed by atoms with Gasteiger partial charge in [-0.1, -0.05) is 26.0 Å². The normalized spacial score (nSPS) is 12.9. The monoisotopic (exact) mass is 235 g/mol. The molecule has 0 spiro atoms. The van der Waals surface area contributed by atoms with Crippen LogP contribution in [0.5, 0.6) is 5.75 Å². The fraction of sp³-hybridized carbons (Fsp3) is 0.600. The Balaban J connectivity index is 2.69. The zero-order valence-electron chi connectivity index (χ0n) is 11.7. The van der Waals surface area contributed by atoms with E-state index in [1.807, 2.05) is 32.0 Å². The zero-order chi connectivity index (χ0) is 12.8. The van der Waals surface area contributed by atoms with Crippen LogP contribution in [0.2, 0.25) is 0 Å². The van der Waals surface area contributed by atoms with Gasteiger partial charge in [0.2, 0.25) is 0 Å². The summed E-state index contributed by atoms with van der Waals surface area (Å²) in [6.45, 7) is 10.8. The predicted molar refractivity (Wildman–Crippen MR) is 74.7 cm³/mol. The van der Waals surface area contributed by atoms with E-state index >= 15 is 0 Å². The molecule has 1 unspecified atom stereocenters. The van der Waals surface area contributed by atoms with Gasteiger partial charge in [0, 0.05) is 6.04 Å². The maximum atomic E-state index is 5.79. The molecule has 0 aliphatic carbocycles. The number of para-hydroxylation sites is 2. The van der Waals surface area contributed by atoms with Gasteiger partial charge in [-0.25, -0.2) is 0 Å². The fourth-order valence-electron chi connectivity index (χ4n) is 1.97. The average molecular weight is 235 g/mol. The molecular formula is C15H25NO. The lowest BCUT2D eigenvalue weighted by atomic mass is 10.1. The van der Waals surface area contributed by atoms with Crippen molar-refractivity contribution in [1.29, 1.82) is 0 Å². The first-order chi connectivity index (χ1) is 7.99. The highest BCUT2D eigenvalue weighted by atomic mass is 16.5. The van der Waals surface area contributed by atoms with Crippen molar-refractivity contribution in [2.45, 2.75) is 53.2 Å². The van der Waals surface area contributed by atoms with E-state index < -0.39 is 0 Å². The summed E-state index contributed by atoms with van der Waals surface area (Å²) in [7, 11) is 0. The Kier molecular flexibility index (Phi) is 5.33. The molecule has 0 saturated heterocycles. The Morgan fingerprint density at radius 3 is 2.29 bits per heavy atom. The molecule has 0 aliphatic rings. The summed E-state index contributed by atoms with van der Waals surface area (Å²) in [6.07, 6.45) is 1.37. The van der Waals surface area contributed by atoms with Crippen molar-refractivity contribution in [2.24, 2.45) is 5.92 Å². The second-order valence-electron chi connectivity index (χ2n) is 5.34. The van der Waals surface area contributed by atoms with E-state index in [0.29, 0.717) is 12.0 Å². The highest BCUT2D eigenvalue weighted by Gasteiger charge is 2.09. The van der Waals surface area contributed by atoms with Crippen molar-refractivity contribution in [3.63, 3.8) is 0 Å². The first-order valence-electron chi connectivity index (χ1n) is 6.51. The van der Waals surface area contributed by atoms with Crippen molar-refractivity contribution < 1.29 is 4.74 Å². The van der Waals surface area contributed by atoms with E-state index in [-0.39, 0.29) is 6.10 Å². The molecule has 96 valence electrons. The lowest BCUT2D eigenvalue weighted by Crippen LogP contribution is -2.18. The number of benzene rings is 1. The quantitative estimate of drug-likeness (QED) is 0.793. The minimum Gasteiger partial charge on any atom is -0.489 e. The summed E-state index contributed by atoms with van der Waals surface area (Å²) in [5, 5.41) is 3.52. The standard InChI is InChI=1S/C15H25NO/c1-11(2)10-13(5)16-14-8-6-7-9-15(14)17-12(3)4/h6-9,11-13,16H,10H2,1-5H3. The maximum absolute atomic E-state index is 5.79. The van der Waals surface area contributed by atoms with Gasteiger partial charge in [0.05, 0.1) is 11.8 Å². The van der Waals surface area contributed by atoms with Crippen LogP contribution in [0.1, 0.15) is 41.0 Å². The number of hydrogen-bond donors (Lipinski definition) is 1. The van der Waals surface area contributed by atoms with Crippen LogP contribution in [0.4, 0.5) is 5.69 Å². The van der Waals surface area contributed by atoms with E-state index in [0.717, 1.165) is 17.9 Å². The van der Waals surface area contributed by atoms with Gasteiger partial charge in [-0.2, -0.15) is 0 Å². The lowest BCUT2D eigenvalue weighted by molar-refractivity contribution is 0.243. The predicted octanol–water partition coefficient (Wildman–Crippen LogP) is 4.32. The molecule has 2 heteroatoms. The molecule has 0 bridgehead atoms. The van der Waals surface area contributed by atoms with E-state index in [1.54, 1.807) is 0 Å². The van der Waals surface area contributed by atoms with Gasteiger partial charge in [0.15, 0.2) is 0 Å². The minimum absolute atomic E-state index is 0.207. The van der Waals surface area contributed by atoms with Crippen molar-refractivity contribution in [3.05, 3.63) is 24.3 Å². The van der Waals surface area contributed by atoms with Gasteiger partial charge in [0.25, 0.3) is 0 Å². The molecule has 0 aromatic heterocycles. The van der Waals surface area contributed by atoms with Crippen LogP contribution in [0.15, 0.2) is 24.3 Å². The fourth-order valence-corrected chi connectivity index (χ4v) is 1.97. The van der Waals surface area contributed by atoms with Gasteiger partial charge in [-0.3, -0.25) is 0 Å². The summed E-state index contributed by atoms with van der Waals surface area (Å²) in [6, 6.07) is 8.61. The molecule has 17 heavy (non-hydrogen) atoms. The van der Waals surface area contributed by atoms with Gasteiger partial charge in [0.1, 0.15) is 5.75 Å². The molecule has 0 radical (unpaired) electrons. The van der Waals surface area contributed by atoms with Crippen molar-refractivity contribution in [1.82, 2.24) is 0 Å². The SMILES string of the molecule is CC(C)CC(C)Nc1ccccc1OC(C)C. The second kappa shape index (κ2) is 6.53. The summed E-state index contributed by atoms with van der Waals surface area (Å²) < 4.78 is 5.79. The zero-order valence-corrected chi connectivity index (χ0v) is 11.7. The molecule has 1 aromatic carbocycles. The van der Waals surface area contributed by atoms with Gasteiger partial charge < -0.3 is 10.1 Å². The summed E-state index contributed by atoms with van der Waals surface area (Å²) in [5.41, 5.74) is 1.09. The lowest BCUT2D eigenvalue weighted by Gasteiger charge is -2.20. The van der Waals surface area contributed by atoms with Gasteiger partial charge >= 0.3 is 0 Å². The minimum atomic E-state index is 0.207. The molecule has 0 saturated carbocycles. The Morgan fingerprint density at radius 2 is 1.71 bits per heavy atom. The van der Waals surface area contributed by atoms with Crippen LogP contribution in [0.3, 0.4) is 0 Å². The highest BCUT2D eigenvalue weighted by molar-refractivity contribution is 5.56. The highest BCUT2D eigenvalue weighted by Crippen LogP contribution is 2.26. The van der Waals surface area contributed by atoms with E-state index in [9.17, 15) is 0 Å². The average Bonchev–Trinajstić information content (AvgIpc) is 2.18. The van der Waals surface area contributed by atoms with Gasteiger partial charge in [-0.15, -0.1) is 0 Å². The summed E-state index contributed by atoms with van der Waals surface area (Å²) in [4.78, 5) is 0. The third-order valence-electron chi connectivity index (χ3n) is 2.48. The molecule has 1 rings (SSSR count). The Morgan fingerprint density at radius 1 is 1.06 bits per heavy atom. The largest absolute Gasteiger partial charge is 0.489 e. The first kappa shape index (κ1) is 13.9. The van der Waals surface area contributed by atoms with Crippen LogP contribution in [0.25, 0.3) is 0 Å². The van der Waals surface area contributed by atoms with Crippen molar-refractivity contribution in [2.75, 3.05) is 5.32 Å². The molecule has 0 heterocycles. The summed E-state index contributed by atoms with van der Waals surface area (Å²) >= 11 is 0.